The molecule has 0 aliphatic carbocycles. The summed E-state index contributed by atoms with van der Waals surface area (Å²) < 4.78 is 37.9. The van der Waals surface area contributed by atoms with Gasteiger partial charge in [0.25, 0.3) is 0 Å². The van der Waals surface area contributed by atoms with Crippen LogP contribution >= 0.6 is 0 Å². The molecule has 2 nitrogen and oxygen atoms in total. The molecule has 0 aliphatic heterocycles. The lowest BCUT2D eigenvalue weighted by molar-refractivity contribution is -0.137. The first-order chi connectivity index (χ1) is 8.52. The largest absolute Gasteiger partial charge is 0.416 e. The third-order valence-corrected chi connectivity index (χ3v) is 2.57. The Morgan fingerprint density at radius 3 is 2.56 bits per heavy atom. The molecule has 0 bridgehead atoms. The van der Waals surface area contributed by atoms with Crippen LogP contribution in [0, 0.1) is 0 Å². The third-order valence-electron chi connectivity index (χ3n) is 2.57. The lowest BCUT2D eigenvalue weighted by Crippen LogP contribution is -2.05. The van der Waals surface area contributed by atoms with Gasteiger partial charge in [-0.05, 0) is 23.8 Å². The van der Waals surface area contributed by atoms with Gasteiger partial charge in [-0.15, -0.1) is 0 Å². The van der Waals surface area contributed by atoms with Crippen LogP contribution in [-0.4, -0.2) is 4.98 Å². The average molecular weight is 252 g/mol. The van der Waals surface area contributed by atoms with Crippen molar-refractivity contribution in [2.24, 2.45) is 5.73 Å². The van der Waals surface area contributed by atoms with Crippen molar-refractivity contribution in [2.45, 2.75) is 12.7 Å². The Labute approximate surface area is 102 Å². The van der Waals surface area contributed by atoms with E-state index in [9.17, 15) is 13.2 Å². The van der Waals surface area contributed by atoms with Gasteiger partial charge in [-0.2, -0.15) is 13.2 Å². The van der Waals surface area contributed by atoms with Gasteiger partial charge >= 0.3 is 6.18 Å². The minimum Gasteiger partial charge on any atom is -0.326 e. The van der Waals surface area contributed by atoms with Crippen LogP contribution in [0.15, 0.2) is 42.6 Å². The summed E-state index contributed by atoms with van der Waals surface area (Å²) in [5.74, 6) is 0. The molecule has 1 aromatic heterocycles. The molecule has 0 saturated heterocycles. The van der Waals surface area contributed by atoms with Crippen molar-refractivity contribution in [2.75, 3.05) is 0 Å². The molecule has 94 valence electrons. The number of halogens is 3. The molecular formula is C13H11F3N2. The fourth-order valence-corrected chi connectivity index (χ4v) is 1.71. The number of rotatable bonds is 2. The topological polar surface area (TPSA) is 38.9 Å². The first kappa shape index (κ1) is 12.6. The van der Waals surface area contributed by atoms with Gasteiger partial charge < -0.3 is 5.73 Å². The summed E-state index contributed by atoms with van der Waals surface area (Å²) in [4.78, 5) is 4.10. The standard InChI is InChI=1S/C13H11F3N2/c14-13(15,16)11-5-1-3-9(7-11)12-10(8-17)4-2-6-18-12/h1-7H,8,17H2. The highest BCUT2D eigenvalue weighted by molar-refractivity contribution is 5.63. The lowest BCUT2D eigenvalue weighted by Gasteiger charge is -2.10. The third kappa shape index (κ3) is 2.51. The number of alkyl halides is 3. The van der Waals surface area contributed by atoms with Crippen molar-refractivity contribution < 1.29 is 13.2 Å². The SMILES string of the molecule is NCc1cccnc1-c1cccc(C(F)(F)F)c1. The first-order valence-electron chi connectivity index (χ1n) is 5.34. The number of pyridine rings is 1. The average Bonchev–Trinajstić information content (AvgIpc) is 2.38. The van der Waals surface area contributed by atoms with Crippen molar-refractivity contribution in [3.05, 3.63) is 53.7 Å². The normalized spacial score (nSPS) is 11.6. The predicted molar refractivity (Wildman–Crippen MR) is 62.6 cm³/mol. The van der Waals surface area contributed by atoms with Crippen LogP contribution in [0.1, 0.15) is 11.1 Å². The Morgan fingerprint density at radius 2 is 1.89 bits per heavy atom. The van der Waals surface area contributed by atoms with E-state index in [1.54, 1.807) is 18.2 Å². The van der Waals surface area contributed by atoms with E-state index in [1.165, 1.54) is 12.3 Å². The van der Waals surface area contributed by atoms with E-state index in [4.69, 9.17) is 5.73 Å². The molecule has 0 saturated carbocycles. The quantitative estimate of drug-likeness (QED) is 0.891. The van der Waals surface area contributed by atoms with Gasteiger partial charge in [0.2, 0.25) is 0 Å². The molecule has 18 heavy (non-hydrogen) atoms. The second-order valence-electron chi connectivity index (χ2n) is 3.79. The van der Waals surface area contributed by atoms with E-state index in [0.717, 1.165) is 17.7 Å². The van der Waals surface area contributed by atoms with E-state index < -0.39 is 11.7 Å². The van der Waals surface area contributed by atoms with Gasteiger partial charge in [0.05, 0.1) is 11.3 Å². The highest BCUT2D eigenvalue weighted by atomic mass is 19.4. The molecule has 1 aromatic carbocycles. The highest BCUT2D eigenvalue weighted by Gasteiger charge is 2.30. The monoisotopic (exact) mass is 252 g/mol. The molecule has 0 atom stereocenters. The lowest BCUT2D eigenvalue weighted by atomic mass is 10.0. The molecule has 0 spiro atoms. The Morgan fingerprint density at radius 1 is 1.11 bits per heavy atom. The van der Waals surface area contributed by atoms with Crippen molar-refractivity contribution in [1.29, 1.82) is 0 Å². The molecule has 0 radical (unpaired) electrons. The summed E-state index contributed by atoms with van der Waals surface area (Å²) in [5, 5.41) is 0. The molecule has 2 aromatic rings. The molecule has 0 amide bonds. The molecule has 2 N–H and O–H groups in total. The molecule has 5 heteroatoms. The summed E-state index contributed by atoms with van der Waals surface area (Å²) in [5.41, 5.74) is 6.50. The van der Waals surface area contributed by atoms with Gasteiger partial charge in [0.15, 0.2) is 0 Å². The van der Waals surface area contributed by atoms with Crippen LogP contribution in [0.4, 0.5) is 13.2 Å². The van der Waals surface area contributed by atoms with Gasteiger partial charge in [0, 0.05) is 18.3 Å². The maximum absolute atomic E-state index is 12.6. The van der Waals surface area contributed by atoms with Crippen LogP contribution in [0.3, 0.4) is 0 Å². The fraction of sp³-hybridized carbons (Fsp3) is 0.154. The molecule has 2 rings (SSSR count). The number of nitrogens with zero attached hydrogens (tertiary/aromatic N) is 1. The van der Waals surface area contributed by atoms with Crippen molar-refractivity contribution in [1.82, 2.24) is 4.98 Å². The summed E-state index contributed by atoms with van der Waals surface area (Å²) in [6.07, 6.45) is -2.82. The van der Waals surface area contributed by atoms with E-state index in [-0.39, 0.29) is 6.54 Å². The summed E-state index contributed by atoms with van der Waals surface area (Å²) in [7, 11) is 0. The van der Waals surface area contributed by atoms with Crippen LogP contribution in [0.25, 0.3) is 11.3 Å². The summed E-state index contributed by atoms with van der Waals surface area (Å²) in [6, 6.07) is 8.54. The van der Waals surface area contributed by atoms with E-state index in [1.807, 2.05) is 0 Å². The molecule has 0 unspecified atom stereocenters. The van der Waals surface area contributed by atoms with Gasteiger partial charge in [-0.25, -0.2) is 0 Å². The number of hydrogen-bond donors (Lipinski definition) is 1. The maximum Gasteiger partial charge on any atom is 0.416 e. The molecule has 0 aliphatic rings. The van der Waals surface area contributed by atoms with Crippen LogP contribution in [0.5, 0.6) is 0 Å². The number of hydrogen-bond acceptors (Lipinski definition) is 2. The molecule has 0 fully saturated rings. The summed E-state index contributed by atoms with van der Waals surface area (Å²) >= 11 is 0. The van der Waals surface area contributed by atoms with Crippen molar-refractivity contribution >= 4 is 0 Å². The van der Waals surface area contributed by atoms with Crippen molar-refractivity contribution in [3.63, 3.8) is 0 Å². The Balaban J connectivity index is 2.51. The van der Waals surface area contributed by atoms with Gasteiger partial charge in [-0.3, -0.25) is 4.98 Å². The van der Waals surface area contributed by atoms with Crippen LogP contribution in [0.2, 0.25) is 0 Å². The van der Waals surface area contributed by atoms with Crippen LogP contribution < -0.4 is 5.73 Å². The first-order valence-corrected chi connectivity index (χ1v) is 5.34. The van der Waals surface area contributed by atoms with Gasteiger partial charge in [-0.1, -0.05) is 18.2 Å². The van der Waals surface area contributed by atoms with Crippen molar-refractivity contribution in [3.8, 4) is 11.3 Å². The summed E-state index contributed by atoms with van der Waals surface area (Å²) in [6.45, 7) is 0.236. The smallest absolute Gasteiger partial charge is 0.326 e. The predicted octanol–water partition coefficient (Wildman–Crippen LogP) is 3.23. The minimum absolute atomic E-state index is 0.236. The number of aromatic nitrogens is 1. The second kappa shape index (κ2) is 4.78. The highest BCUT2D eigenvalue weighted by Crippen LogP contribution is 2.32. The zero-order valence-corrected chi connectivity index (χ0v) is 9.41. The van der Waals surface area contributed by atoms with Gasteiger partial charge in [0.1, 0.15) is 0 Å². The Hall–Kier alpha value is -1.88. The minimum atomic E-state index is -4.35. The number of nitrogens with two attached hydrogens (primary N) is 1. The molecule has 1 heterocycles. The maximum atomic E-state index is 12.6. The fourth-order valence-electron chi connectivity index (χ4n) is 1.71. The van der Waals surface area contributed by atoms with E-state index >= 15 is 0 Å². The zero-order chi connectivity index (χ0) is 13.2. The van der Waals surface area contributed by atoms with E-state index in [0.29, 0.717) is 11.3 Å². The Bertz CT molecular complexity index is 550. The van der Waals surface area contributed by atoms with Crippen LogP contribution in [-0.2, 0) is 12.7 Å². The zero-order valence-electron chi connectivity index (χ0n) is 9.41. The Kier molecular flexibility index (Phi) is 3.34. The molecular weight excluding hydrogens is 241 g/mol. The second-order valence-corrected chi connectivity index (χ2v) is 3.79. The number of benzene rings is 1. The van der Waals surface area contributed by atoms with E-state index in [2.05, 4.69) is 4.98 Å².